The van der Waals surface area contributed by atoms with E-state index in [1.165, 1.54) is 39.8 Å². The number of aliphatic carboxylic acids is 1. The zero-order chi connectivity index (χ0) is 47.0. The summed E-state index contributed by atoms with van der Waals surface area (Å²) in [7, 11) is 1.04. The molecule has 5 aliphatic rings. The first-order chi connectivity index (χ1) is 29.1. The van der Waals surface area contributed by atoms with E-state index in [2.05, 4.69) is 5.32 Å². The third kappa shape index (κ3) is 7.52. The van der Waals surface area contributed by atoms with Crippen LogP contribution < -0.4 is 5.32 Å². The summed E-state index contributed by atoms with van der Waals surface area (Å²) >= 11 is 0. The maximum Gasteiger partial charge on any atom is 0.508 e. The maximum absolute atomic E-state index is 15.5. The minimum atomic E-state index is -2.52. The van der Waals surface area contributed by atoms with Gasteiger partial charge >= 0.3 is 36.1 Å². The number of rotatable bonds is 8. The third-order valence-electron chi connectivity index (χ3n) is 13.7. The molecule has 20 heteroatoms. The third-order valence-corrected chi connectivity index (χ3v) is 13.7. The number of aliphatic hydroxyl groups is 3. The van der Waals surface area contributed by atoms with Crippen LogP contribution in [0.3, 0.4) is 0 Å². The van der Waals surface area contributed by atoms with E-state index >= 15 is 4.79 Å². The van der Waals surface area contributed by atoms with Crippen LogP contribution in [0.2, 0.25) is 0 Å². The molecule has 2 heterocycles. The topological polar surface area (TPSA) is 286 Å². The number of carboxylic acid groups (broad SMARTS) is 1. The predicted molar refractivity (Wildman–Crippen MR) is 210 cm³/mol. The van der Waals surface area contributed by atoms with Gasteiger partial charge in [-0.05, 0) is 64.8 Å². The minimum Gasteiger partial charge on any atom is -0.481 e. The fraction of sp³-hybridized carbons (Fsp3) is 0.651. The Morgan fingerprint density at radius 2 is 1.59 bits per heavy atom. The molecule has 0 aromatic heterocycles. The van der Waals surface area contributed by atoms with Crippen molar-refractivity contribution >= 4 is 41.9 Å². The van der Waals surface area contributed by atoms with Crippen molar-refractivity contribution in [2.75, 3.05) is 13.7 Å². The van der Waals surface area contributed by atoms with Crippen molar-refractivity contribution in [2.45, 2.75) is 141 Å². The van der Waals surface area contributed by atoms with Gasteiger partial charge < -0.3 is 63.6 Å². The van der Waals surface area contributed by atoms with Crippen LogP contribution in [0.5, 0.6) is 0 Å². The number of benzene rings is 1. The second kappa shape index (κ2) is 16.1. The number of alkyl carbamates (subject to hydrolysis) is 1. The molecule has 0 spiro atoms. The standard InChI is InChI=1S/C43H55NO19/c1-19-22(59-33(49)27-29(44-36(53)62-38(3,4)5)41(9,34(50)51)35(52)60-27)17-43(55)31(61-32(48)21-14-12-11-13-15-21)28-40(8,30(47)26(58-20(2)45)25(19)39(43,6)7)23(46)16-24-42(28,18-57-24)63-37(54)56-10/h11-15,22-24,26-29,31,35,46,52,55H,16-18H2,1-10H3,(H,44,53)(H,50,51)/t22-,23-,24+,26+,27?,28?,29+,31-,35?,40+,41?,42-,43+/m0/s1. The van der Waals surface area contributed by atoms with Crippen LogP contribution in [0.25, 0.3) is 0 Å². The first-order valence-corrected chi connectivity index (χ1v) is 20.4. The van der Waals surface area contributed by atoms with E-state index in [4.69, 9.17) is 37.9 Å². The van der Waals surface area contributed by atoms with E-state index in [-0.39, 0.29) is 23.1 Å². The van der Waals surface area contributed by atoms with Gasteiger partial charge in [-0.2, -0.15) is 0 Å². The van der Waals surface area contributed by atoms with Crippen LogP contribution in [0.1, 0.15) is 85.5 Å². The molecule has 13 atom stereocenters. The number of ether oxygens (including phenoxy) is 8. The molecular weight excluding hydrogens is 834 g/mol. The number of methoxy groups -OCH3 is 1. The SMILES string of the molecule is COC(=O)O[C@@]12CO[C@@H]1C[C@H](O)[C@@]1(C)C(=O)[C@H](OC(C)=O)C3=C(C)[C@@H](OC(=O)C4OC(O)C(C)(C(=O)O)[C@@H]4NC(=O)OC(C)(C)C)C[C@@](O)([C@@H](OC(=O)c4ccccc4)C12)C3(C)C. The Balaban J connectivity index is 1.56. The lowest BCUT2D eigenvalue weighted by Crippen LogP contribution is -2.82. The Bertz CT molecular complexity index is 2100. The smallest absolute Gasteiger partial charge is 0.481 e. The highest BCUT2D eigenvalue weighted by molar-refractivity contribution is 5.95. The number of nitrogens with one attached hydrogen (secondary N) is 1. The van der Waals surface area contributed by atoms with Crippen LogP contribution >= 0.6 is 0 Å². The lowest BCUT2D eigenvalue weighted by molar-refractivity contribution is -0.344. The summed E-state index contributed by atoms with van der Waals surface area (Å²) < 4.78 is 45.6. The van der Waals surface area contributed by atoms with E-state index in [1.807, 2.05) is 0 Å². The van der Waals surface area contributed by atoms with Gasteiger partial charge in [-0.15, -0.1) is 0 Å². The lowest BCUT2D eigenvalue weighted by atomic mass is 9.44. The lowest BCUT2D eigenvalue weighted by Gasteiger charge is -2.67. The van der Waals surface area contributed by atoms with Crippen molar-refractivity contribution < 1.29 is 91.9 Å². The number of carbonyl (C=O) groups excluding carboxylic acids is 6. The number of Topliss-reactive ketones (excluding diaryl/α,β-unsaturated/α-hetero) is 1. The molecule has 5 N–H and O–H groups in total. The van der Waals surface area contributed by atoms with Crippen LogP contribution in [-0.4, -0.2) is 142 Å². The summed E-state index contributed by atoms with van der Waals surface area (Å²) in [6, 6.07) is 5.78. The highest BCUT2D eigenvalue weighted by Crippen LogP contribution is 2.64. The number of esters is 3. The minimum absolute atomic E-state index is 0.000157. The van der Waals surface area contributed by atoms with Gasteiger partial charge in [-0.25, -0.2) is 19.2 Å². The average Bonchev–Trinajstić information content (AvgIpc) is 3.44. The molecule has 63 heavy (non-hydrogen) atoms. The summed E-state index contributed by atoms with van der Waals surface area (Å²) in [5.41, 5.74) is -11.9. The number of hydrogen-bond donors (Lipinski definition) is 5. The van der Waals surface area contributed by atoms with Gasteiger partial charge in [-0.1, -0.05) is 32.0 Å². The Kier molecular flexibility index (Phi) is 12.1. The molecule has 2 aliphatic heterocycles. The Hall–Kier alpha value is -5.15. The summed E-state index contributed by atoms with van der Waals surface area (Å²) in [5, 5.41) is 49.2. The van der Waals surface area contributed by atoms with Crippen LogP contribution in [-0.2, 0) is 57.1 Å². The van der Waals surface area contributed by atoms with E-state index in [0.717, 1.165) is 21.0 Å². The van der Waals surface area contributed by atoms with Gasteiger partial charge in [0.2, 0.25) is 0 Å². The fourth-order valence-corrected chi connectivity index (χ4v) is 10.1. The molecular formula is C43H55NO19. The Labute approximate surface area is 362 Å². The molecule has 20 nitrogen and oxygen atoms in total. The van der Waals surface area contributed by atoms with E-state index < -0.39 is 143 Å². The second-order valence-electron chi connectivity index (χ2n) is 18.8. The van der Waals surface area contributed by atoms with Gasteiger partial charge in [0.25, 0.3) is 0 Å². The maximum atomic E-state index is 15.5. The normalized spacial score (nSPS) is 37.9. The quantitative estimate of drug-likeness (QED) is 0.142. The van der Waals surface area contributed by atoms with E-state index in [9.17, 15) is 49.2 Å². The first-order valence-electron chi connectivity index (χ1n) is 20.4. The van der Waals surface area contributed by atoms with E-state index in [1.54, 1.807) is 39.0 Å². The monoisotopic (exact) mass is 889 g/mol. The van der Waals surface area contributed by atoms with Gasteiger partial charge in [-0.3, -0.25) is 14.4 Å². The molecule has 3 aliphatic carbocycles. The van der Waals surface area contributed by atoms with Gasteiger partial charge in [0.15, 0.2) is 29.9 Å². The number of fused-ring (bicyclic) bond motifs is 5. The van der Waals surface area contributed by atoms with Crippen LogP contribution in [0.4, 0.5) is 9.59 Å². The largest absolute Gasteiger partial charge is 0.508 e. The number of carbonyl (C=O) groups is 7. The summed E-state index contributed by atoms with van der Waals surface area (Å²) in [4.78, 5) is 96.0. The van der Waals surface area contributed by atoms with Crippen molar-refractivity contribution in [3.63, 3.8) is 0 Å². The fourth-order valence-electron chi connectivity index (χ4n) is 10.1. The summed E-state index contributed by atoms with van der Waals surface area (Å²) in [6.45, 7) is 12.0. The molecule has 0 radical (unpaired) electrons. The molecule has 1 aromatic rings. The number of carboxylic acids is 1. The van der Waals surface area contributed by atoms with Crippen molar-refractivity contribution in [1.82, 2.24) is 5.32 Å². The molecule has 2 bridgehead atoms. The van der Waals surface area contributed by atoms with Crippen molar-refractivity contribution in [3.8, 4) is 0 Å². The first kappa shape index (κ1) is 47.3. The number of aliphatic hydroxyl groups excluding tert-OH is 2. The Morgan fingerprint density at radius 1 is 0.952 bits per heavy atom. The molecule has 2 saturated heterocycles. The molecule has 4 fully saturated rings. The van der Waals surface area contributed by atoms with E-state index in [0.29, 0.717) is 0 Å². The van der Waals surface area contributed by atoms with Crippen molar-refractivity contribution in [3.05, 3.63) is 47.0 Å². The predicted octanol–water partition coefficient (Wildman–Crippen LogP) is 2.12. The average molecular weight is 890 g/mol. The van der Waals surface area contributed by atoms with Gasteiger partial charge in [0, 0.05) is 25.2 Å². The molecule has 1 aromatic carbocycles. The van der Waals surface area contributed by atoms with Gasteiger partial charge in [0.1, 0.15) is 34.9 Å². The number of amides is 1. The molecule has 4 unspecified atom stereocenters. The number of ketones is 1. The zero-order valence-electron chi connectivity index (χ0n) is 36.6. The summed E-state index contributed by atoms with van der Waals surface area (Å²) in [5.74, 6) is -7.64. The molecule has 1 amide bonds. The van der Waals surface area contributed by atoms with Gasteiger partial charge in [0.05, 0.1) is 42.8 Å². The Morgan fingerprint density at radius 3 is 2.13 bits per heavy atom. The van der Waals surface area contributed by atoms with Crippen molar-refractivity contribution in [1.29, 1.82) is 0 Å². The number of hydrogen-bond acceptors (Lipinski definition) is 18. The highest BCUT2D eigenvalue weighted by atomic mass is 16.8. The molecule has 2 saturated carbocycles. The molecule has 346 valence electrons. The molecule has 6 rings (SSSR count). The van der Waals surface area contributed by atoms with Crippen LogP contribution in [0, 0.1) is 22.2 Å². The zero-order valence-corrected chi connectivity index (χ0v) is 36.6. The van der Waals surface area contributed by atoms with Crippen LogP contribution in [0.15, 0.2) is 41.5 Å². The van der Waals surface area contributed by atoms with Crippen molar-refractivity contribution in [2.24, 2.45) is 22.2 Å². The second-order valence-corrected chi connectivity index (χ2v) is 18.8. The highest BCUT2D eigenvalue weighted by Gasteiger charge is 2.79. The summed E-state index contributed by atoms with van der Waals surface area (Å²) in [6.07, 6.45) is -15.9.